The molecular weight excluding hydrogens is 196 g/mol. The fourth-order valence-electron chi connectivity index (χ4n) is 2.13. The van der Waals surface area contributed by atoms with Crippen LogP contribution in [0.15, 0.2) is 18.2 Å². The van der Waals surface area contributed by atoms with Crippen molar-refractivity contribution >= 4 is 0 Å². The Balaban J connectivity index is 2.47. The van der Waals surface area contributed by atoms with Crippen LogP contribution in [0.25, 0.3) is 0 Å². The quantitative estimate of drug-likeness (QED) is 0.690. The molecule has 0 amide bonds. The number of hydrogen-bond donors (Lipinski definition) is 0. The van der Waals surface area contributed by atoms with Gasteiger partial charge in [-0.25, -0.2) is 0 Å². The Bertz CT molecular complexity index is 374. The summed E-state index contributed by atoms with van der Waals surface area (Å²) >= 11 is 0. The molecule has 0 radical (unpaired) electrons. The largest absolute Gasteiger partial charge is 0.296 e. The van der Waals surface area contributed by atoms with Crippen LogP contribution in [0.4, 0.5) is 8.78 Å². The van der Waals surface area contributed by atoms with E-state index in [0.717, 1.165) is 17.5 Å². The molecule has 0 saturated carbocycles. The second-order valence-corrected chi connectivity index (χ2v) is 4.22. The van der Waals surface area contributed by atoms with Gasteiger partial charge in [0, 0.05) is 12.1 Å². The number of rotatable bonds is 1. The molecule has 0 spiro atoms. The Labute approximate surface area is 88.7 Å². The Morgan fingerprint density at radius 1 is 1.40 bits per heavy atom. The molecule has 0 atom stereocenters. The van der Waals surface area contributed by atoms with Crippen LogP contribution < -0.4 is 0 Å². The summed E-state index contributed by atoms with van der Waals surface area (Å²) in [5.74, 6) is -2.70. The van der Waals surface area contributed by atoms with Gasteiger partial charge in [-0.1, -0.05) is 25.1 Å². The zero-order chi connectivity index (χ0) is 11.1. The molecule has 82 valence electrons. The van der Waals surface area contributed by atoms with Crippen molar-refractivity contribution < 1.29 is 8.78 Å². The average molecular weight is 211 g/mol. The number of likely N-dealkylation sites (N-methyl/N-ethyl adjacent to an activating group) is 1. The second kappa shape index (κ2) is 3.56. The van der Waals surface area contributed by atoms with Crippen molar-refractivity contribution in [1.29, 1.82) is 0 Å². The Morgan fingerprint density at radius 3 is 2.80 bits per heavy atom. The first-order chi connectivity index (χ1) is 7.03. The topological polar surface area (TPSA) is 3.24 Å². The molecular formula is C12H15F2N. The molecule has 15 heavy (non-hydrogen) atoms. The highest BCUT2D eigenvalue weighted by atomic mass is 19.3. The van der Waals surface area contributed by atoms with E-state index < -0.39 is 5.92 Å². The SMILES string of the molecule is CCc1ccc2c(c1)CN(C)CC2(F)F. The number of nitrogens with zero attached hydrogens (tertiary/aromatic N) is 1. The minimum atomic E-state index is -2.70. The van der Waals surface area contributed by atoms with E-state index >= 15 is 0 Å². The third-order valence-corrected chi connectivity index (χ3v) is 2.88. The van der Waals surface area contributed by atoms with E-state index in [4.69, 9.17) is 0 Å². The average Bonchev–Trinajstić information content (AvgIpc) is 2.15. The first-order valence-corrected chi connectivity index (χ1v) is 5.21. The van der Waals surface area contributed by atoms with Gasteiger partial charge < -0.3 is 0 Å². The minimum Gasteiger partial charge on any atom is -0.296 e. The Kier molecular flexibility index (Phi) is 2.51. The van der Waals surface area contributed by atoms with E-state index in [1.807, 2.05) is 13.0 Å². The van der Waals surface area contributed by atoms with Gasteiger partial charge in [0.2, 0.25) is 0 Å². The first-order valence-electron chi connectivity index (χ1n) is 5.21. The van der Waals surface area contributed by atoms with Crippen LogP contribution in [-0.4, -0.2) is 18.5 Å². The van der Waals surface area contributed by atoms with Crippen LogP contribution in [0, 0.1) is 0 Å². The zero-order valence-electron chi connectivity index (χ0n) is 9.06. The lowest BCUT2D eigenvalue weighted by atomic mass is 9.94. The van der Waals surface area contributed by atoms with Crippen LogP contribution >= 0.6 is 0 Å². The molecule has 0 aliphatic carbocycles. The predicted molar refractivity (Wildman–Crippen MR) is 56.0 cm³/mol. The van der Waals surface area contributed by atoms with Crippen molar-refractivity contribution in [3.63, 3.8) is 0 Å². The Morgan fingerprint density at radius 2 is 2.13 bits per heavy atom. The van der Waals surface area contributed by atoms with Gasteiger partial charge >= 0.3 is 0 Å². The lowest BCUT2D eigenvalue weighted by Gasteiger charge is -2.32. The van der Waals surface area contributed by atoms with Crippen molar-refractivity contribution in [3.8, 4) is 0 Å². The van der Waals surface area contributed by atoms with Gasteiger partial charge in [-0.3, -0.25) is 4.90 Å². The van der Waals surface area contributed by atoms with Crippen molar-refractivity contribution in [2.24, 2.45) is 0 Å². The van der Waals surface area contributed by atoms with E-state index in [1.165, 1.54) is 0 Å². The van der Waals surface area contributed by atoms with Crippen LogP contribution in [-0.2, 0) is 18.9 Å². The fourth-order valence-corrected chi connectivity index (χ4v) is 2.13. The first kappa shape index (κ1) is 10.6. The number of aryl methyl sites for hydroxylation is 1. The summed E-state index contributed by atoms with van der Waals surface area (Å²) < 4.78 is 27.3. The van der Waals surface area contributed by atoms with Gasteiger partial charge in [0.1, 0.15) is 0 Å². The molecule has 0 N–H and O–H groups in total. The number of alkyl halides is 2. The van der Waals surface area contributed by atoms with E-state index in [9.17, 15) is 8.78 Å². The molecule has 0 bridgehead atoms. The molecule has 0 aromatic heterocycles. The molecule has 1 nitrogen and oxygen atoms in total. The number of halogens is 2. The highest BCUT2D eigenvalue weighted by molar-refractivity contribution is 5.37. The van der Waals surface area contributed by atoms with Crippen molar-refractivity contribution in [2.45, 2.75) is 25.8 Å². The van der Waals surface area contributed by atoms with Gasteiger partial charge in [-0.05, 0) is 24.6 Å². The normalized spacial score (nSPS) is 20.0. The van der Waals surface area contributed by atoms with Crippen molar-refractivity contribution in [1.82, 2.24) is 4.90 Å². The third kappa shape index (κ3) is 1.88. The van der Waals surface area contributed by atoms with Crippen LogP contribution in [0.3, 0.4) is 0 Å². The highest BCUT2D eigenvalue weighted by Gasteiger charge is 2.38. The summed E-state index contributed by atoms with van der Waals surface area (Å²) in [6, 6.07) is 5.29. The molecule has 0 saturated heterocycles. The molecule has 0 fully saturated rings. The standard InChI is InChI=1S/C12H15F2N/c1-3-9-4-5-11-10(6-9)7-15(2)8-12(11,13)14/h4-6H,3,7-8H2,1-2H3. The van der Waals surface area contributed by atoms with Crippen LogP contribution in [0.5, 0.6) is 0 Å². The van der Waals surface area contributed by atoms with Crippen molar-refractivity contribution in [2.75, 3.05) is 13.6 Å². The maximum atomic E-state index is 13.6. The smallest absolute Gasteiger partial charge is 0.285 e. The summed E-state index contributed by atoms with van der Waals surface area (Å²) in [6.45, 7) is 2.48. The molecule has 1 heterocycles. The van der Waals surface area contributed by atoms with Gasteiger partial charge in [-0.2, -0.15) is 8.78 Å². The molecule has 1 aliphatic rings. The summed E-state index contributed by atoms with van der Waals surface area (Å²) in [7, 11) is 1.73. The third-order valence-electron chi connectivity index (χ3n) is 2.88. The Hall–Kier alpha value is -0.960. The zero-order valence-corrected chi connectivity index (χ0v) is 9.06. The van der Waals surface area contributed by atoms with Gasteiger partial charge in [0.05, 0.1) is 6.54 Å². The van der Waals surface area contributed by atoms with Gasteiger partial charge in [-0.15, -0.1) is 0 Å². The van der Waals surface area contributed by atoms with Crippen LogP contribution in [0.2, 0.25) is 0 Å². The summed E-state index contributed by atoms with van der Waals surface area (Å²) in [6.07, 6.45) is 0.891. The molecule has 3 heteroatoms. The summed E-state index contributed by atoms with van der Waals surface area (Å²) in [4.78, 5) is 1.67. The van der Waals surface area contributed by atoms with Gasteiger partial charge in [0.15, 0.2) is 0 Å². The summed E-state index contributed by atoms with van der Waals surface area (Å²) in [5, 5.41) is 0. The number of hydrogen-bond acceptors (Lipinski definition) is 1. The predicted octanol–water partition coefficient (Wildman–Crippen LogP) is 2.79. The fraction of sp³-hybridized carbons (Fsp3) is 0.500. The van der Waals surface area contributed by atoms with E-state index in [0.29, 0.717) is 6.54 Å². The van der Waals surface area contributed by atoms with E-state index in [-0.39, 0.29) is 12.1 Å². The van der Waals surface area contributed by atoms with Gasteiger partial charge in [0.25, 0.3) is 5.92 Å². The van der Waals surface area contributed by atoms with Crippen LogP contribution in [0.1, 0.15) is 23.6 Å². The monoisotopic (exact) mass is 211 g/mol. The summed E-state index contributed by atoms with van der Waals surface area (Å²) in [5.41, 5.74) is 2.10. The molecule has 1 aliphatic heterocycles. The highest BCUT2D eigenvalue weighted by Crippen LogP contribution is 2.36. The van der Waals surface area contributed by atoms with E-state index in [1.54, 1.807) is 24.1 Å². The second-order valence-electron chi connectivity index (χ2n) is 4.22. The maximum Gasteiger partial charge on any atom is 0.285 e. The number of fused-ring (bicyclic) bond motifs is 1. The van der Waals surface area contributed by atoms with Crippen molar-refractivity contribution in [3.05, 3.63) is 34.9 Å². The number of benzene rings is 1. The van der Waals surface area contributed by atoms with E-state index in [2.05, 4.69) is 0 Å². The maximum absolute atomic E-state index is 13.6. The molecule has 1 aromatic rings. The molecule has 1 aromatic carbocycles. The minimum absolute atomic E-state index is 0.175. The molecule has 2 rings (SSSR count). The molecule has 0 unspecified atom stereocenters. The lowest BCUT2D eigenvalue weighted by Crippen LogP contribution is -2.38. The lowest BCUT2D eigenvalue weighted by molar-refractivity contribution is -0.0455.